The normalized spacial score (nSPS) is 11.9. The van der Waals surface area contributed by atoms with Gasteiger partial charge < -0.3 is 4.42 Å². The number of hydrogen-bond donors (Lipinski definition) is 0. The van der Waals surface area contributed by atoms with E-state index in [9.17, 15) is 13.2 Å². The van der Waals surface area contributed by atoms with Gasteiger partial charge >= 0.3 is 0 Å². The third-order valence-electron chi connectivity index (χ3n) is 3.43. The third-order valence-corrected chi connectivity index (χ3v) is 6.70. The first-order valence-electron chi connectivity index (χ1n) is 7.22. The van der Waals surface area contributed by atoms with Gasteiger partial charge in [0.2, 0.25) is 14.2 Å². The molecule has 2 aromatic heterocycles. The highest BCUT2D eigenvalue weighted by atomic mass is 32.2. The largest absolute Gasteiger partial charge is 0.453 e. The van der Waals surface area contributed by atoms with Gasteiger partial charge in [-0.3, -0.25) is 4.79 Å². The Labute approximate surface area is 137 Å². The van der Waals surface area contributed by atoms with Crippen LogP contribution in [0.4, 0.5) is 0 Å². The van der Waals surface area contributed by atoms with Gasteiger partial charge in [0.1, 0.15) is 5.76 Å². The van der Waals surface area contributed by atoms with Crippen LogP contribution in [0.25, 0.3) is 21.5 Å². The van der Waals surface area contributed by atoms with Crippen LogP contribution in [-0.4, -0.2) is 25.4 Å². The van der Waals surface area contributed by atoms with Gasteiger partial charge in [0, 0.05) is 5.56 Å². The fourth-order valence-electron chi connectivity index (χ4n) is 2.18. The number of nitrogens with zero attached hydrogens (tertiary/aromatic N) is 1. The summed E-state index contributed by atoms with van der Waals surface area (Å²) < 4.78 is 30.8. The Kier molecular flexibility index (Phi) is 4.32. The average Bonchev–Trinajstić information content (AvgIpc) is 3.18. The summed E-state index contributed by atoms with van der Waals surface area (Å²) >= 11 is 1.17. The van der Waals surface area contributed by atoms with Crippen molar-refractivity contribution in [3.8, 4) is 11.3 Å². The molecule has 7 heteroatoms. The van der Waals surface area contributed by atoms with Crippen LogP contribution in [0, 0.1) is 0 Å². The number of fused-ring (bicyclic) bond motifs is 1. The molecule has 3 aromatic rings. The Morgan fingerprint density at radius 1 is 1.26 bits per heavy atom. The van der Waals surface area contributed by atoms with Crippen molar-refractivity contribution in [2.24, 2.45) is 0 Å². The van der Waals surface area contributed by atoms with E-state index in [1.54, 1.807) is 24.3 Å². The molecule has 2 heterocycles. The minimum atomic E-state index is -3.32. The number of sulfone groups is 1. The summed E-state index contributed by atoms with van der Waals surface area (Å²) in [6.07, 6.45) is 2.10. The van der Waals surface area contributed by atoms with E-state index in [-0.39, 0.29) is 15.9 Å². The summed E-state index contributed by atoms with van der Waals surface area (Å²) in [4.78, 5) is 14.9. The fraction of sp³-hybridized carbons (Fsp3) is 0.250. The Balaban J connectivity index is 1.99. The molecule has 0 fully saturated rings. The molecule has 0 saturated carbocycles. The van der Waals surface area contributed by atoms with Gasteiger partial charge in [0.05, 0.1) is 16.0 Å². The van der Waals surface area contributed by atoms with Crippen molar-refractivity contribution in [1.29, 1.82) is 0 Å². The second-order valence-corrected chi connectivity index (χ2v) is 8.47. The maximum Gasteiger partial charge on any atom is 0.210 e. The average molecular weight is 349 g/mol. The van der Waals surface area contributed by atoms with Crippen molar-refractivity contribution in [1.82, 2.24) is 4.98 Å². The molecule has 0 bridgehead atoms. The first kappa shape index (κ1) is 15.9. The topological polar surface area (TPSA) is 77.2 Å². The monoisotopic (exact) mass is 349 g/mol. The standard InChI is InChI=1S/C16H15NO4S2/c1-2-3-8-23(19,20)16-17-13-6-4-11(9-15(13)22-16)14-7-5-12(10-18)21-14/h4-7,9-10H,2-3,8H2,1H3. The summed E-state index contributed by atoms with van der Waals surface area (Å²) in [5.74, 6) is 0.946. The lowest BCUT2D eigenvalue weighted by atomic mass is 10.2. The summed E-state index contributed by atoms with van der Waals surface area (Å²) in [5.41, 5.74) is 1.43. The van der Waals surface area contributed by atoms with Gasteiger partial charge in [-0.2, -0.15) is 0 Å². The third kappa shape index (κ3) is 3.20. The molecular formula is C16H15NO4S2. The number of unbranched alkanes of at least 4 members (excludes halogenated alkanes) is 1. The van der Waals surface area contributed by atoms with Crippen molar-refractivity contribution in [2.45, 2.75) is 24.1 Å². The number of benzene rings is 1. The predicted molar refractivity (Wildman–Crippen MR) is 89.7 cm³/mol. The number of hydrogen-bond acceptors (Lipinski definition) is 6. The fourth-order valence-corrected chi connectivity index (χ4v) is 5.03. The van der Waals surface area contributed by atoms with Gasteiger partial charge in [-0.25, -0.2) is 13.4 Å². The van der Waals surface area contributed by atoms with E-state index in [1.807, 2.05) is 13.0 Å². The Morgan fingerprint density at radius 2 is 2.09 bits per heavy atom. The molecule has 23 heavy (non-hydrogen) atoms. The highest BCUT2D eigenvalue weighted by Crippen LogP contribution is 2.31. The molecule has 0 amide bonds. The van der Waals surface area contributed by atoms with Gasteiger partial charge in [-0.05, 0) is 36.8 Å². The van der Waals surface area contributed by atoms with Gasteiger partial charge in [-0.1, -0.05) is 13.3 Å². The zero-order valence-electron chi connectivity index (χ0n) is 12.5. The molecule has 0 spiro atoms. The number of aromatic nitrogens is 1. The Bertz CT molecular complexity index is 954. The van der Waals surface area contributed by atoms with Crippen LogP contribution < -0.4 is 0 Å². The van der Waals surface area contributed by atoms with Crippen LogP contribution in [0.5, 0.6) is 0 Å². The van der Waals surface area contributed by atoms with E-state index < -0.39 is 9.84 Å². The first-order chi connectivity index (χ1) is 11.0. The lowest BCUT2D eigenvalue weighted by Gasteiger charge is -1.97. The van der Waals surface area contributed by atoms with E-state index in [0.717, 1.165) is 16.7 Å². The van der Waals surface area contributed by atoms with Crippen molar-refractivity contribution >= 4 is 37.7 Å². The van der Waals surface area contributed by atoms with E-state index in [4.69, 9.17) is 4.42 Å². The van der Waals surface area contributed by atoms with E-state index in [0.29, 0.717) is 24.0 Å². The minimum absolute atomic E-state index is 0.122. The zero-order valence-corrected chi connectivity index (χ0v) is 14.1. The molecule has 0 unspecified atom stereocenters. The lowest BCUT2D eigenvalue weighted by Crippen LogP contribution is -2.05. The van der Waals surface area contributed by atoms with Crippen molar-refractivity contribution in [3.05, 3.63) is 36.1 Å². The molecule has 0 aliphatic rings. The number of furan rings is 1. The molecule has 0 radical (unpaired) electrons. The number of aldehydes is 1. The summed E-state index contributed by atoms with van der Waals surface area (Å²) in [6.45, 7) is 1.96. The Morgan fingerprint density at radius 3 is 2.78 bits per heavy atom. The van der Waals surface area contributed by atoms with Crippen LogP contribution in [0.1, 0.15) is 30.3 Å². The van der Waals surface area contributed by atoms with E-state index in [1.165, 1.54) is 11.3 Å². The molecule has 0 saturated heterocycles. The molecule has 0 aliphatic carbocycles. The van der Waals surface area contributed by atoms with Crippen LogP contribution in [0.15, 0.2) is 39.1 Å². The maximum atomic E-state index is 12.2. The van der Waals surface area contributed by atoms with Crippen molar-refractivity contribution < 1.29 is 17.6 Å². The molecule has 120 valence electrons. The van der Waals surface area contributed by atoms with Gasteiger partial charge in [0.25, 0.3) is 0 Å². The number of carbonyl (C=O) groups is 1. The number of thiazole rings is 1. The van der Waals surface area contributed by atoms with Crippen molar-refractivity contribution in [3.63, 3.8) is 0 Å². The van der Waals surface area contributed by atoms with Crippen LogP contribution in [-0.2, 0) is 9.84 Å². The second kappa shape index (κ2) is 6.25. The maximum absolute atomic E-state index is 12.2. The Hall–Kier alpha value is -1.99. The SMILES string of the molecule is CCCCS(=O)(=O)c1nc2ccc(-c3ccc(C=O)o3)cc2s1. The predicted octanol–water partition coefficient (Wildman–Crippen LogP) is 3.94. The summed E-state index contributed by atoms with van der Waals surface area (Å²) in [7, 11) is -3.32. The summed E-state index contributed by atoms with van der Waals surface area (Å²) in [5, 5.41) is 0. The first-order valence-corrected chi connectivity index (χ1v) is 9.69. The quantitative estimate of drug-likeness (QED) is 0.630. The molecular weight excluding hydrogens is 334 g/mol. The molecule has 0 atom stereocenters. The number of rotatable bonds is 6. The number of carbonyl (C=O) groups excluding carboxylic acids is 1. The van der Waals surface area contributed by atoms with Crippen LogP contribution >= 0.6 is 11.3 Å². The lowest BCUT2D eigenvalue weighted by molar-refractivity contribution is 0.110. The zero-order chi connectivity index (χ0) is 16.4. The second-order valence-electron chi connectivity index (χ2n) is 5.15. The highest BCUT2D eigenvalue weighted by Gasteiger charge is 2.19. The van der Waals surface area contributed by atoms with Gasteiger partial charge in [-0.15, -0.1) is 11.3 Å². The van der Waals surface area contributed by atoms with Crippen molar-refractivity contribution in [2.75, 3.05) is 5.75 Å². The van der Waals surface area contributed by atoms with Crippen LogP contribution in [0.2, 0.25) is 0 Å². The molecule has 0 aliphatic heterocycles. The van der Waals surface area contributed by atoms with Gasteiger partial charge in [0.15, 0.2) is 12.0 Å². The molecule has 5 nitrogen and oxygen atoms in total. The van der Waals surface area contributed by atoms with E-state index in [2.05, 4.69) is 4.98 Å². The highest BCUT2D eigenvalue weighted by molar-refractivity contribution is 7.93. The summed E-state index contributed by atoms with van der Waals surface area (Å²) in [6, 6.07) is 8.71. The smallest absolute Gasteiger partial charge is 0.210 e. The molecule has 0 N–H and O–H groups in total. The molecule has 3 rings (SSSR count). The van der Waals surface area contributed by atoms with E-state index >= 15 is 0 Å². The van der Waals surface area contributed by atoms with Crippen LogP contribution in [0.3, 0.4) is 0 Å². The molecule has 1 aromatic carbocycles. The minimum Gasteiger partial charge on any atom is -0.453 e.